The second-order valence-corrected chi connectivity index (χ2v) is 4.66. The van der Waals surface area contributed by atoms with Gasteiger partial charge in [0.15, 0.2) is 0 Å². The minimum atomic E-state index is 0.164. The van der Waals surface area contributed by atoms with Crippen LogP contribution >= 0.6 is 0 Å². The average Bonchev–Trinajstić information content (AvgIpc) is 2.39. The Morgan fingerprint density at radius 3 is 2.65 bits per heavy atom. The highest BCUT2D eigenvalue weighted by atomic mass is 16.2. The Morgan fingerprint density at radius 1 is 1.29 bits per heavy atom. The number of carbonyl (C=O) groups is 1. The number of carbonyl (C=O) groups excluding carboxylic acids is 1. The van der Waals surface area contributed by atoms with E-state index in [0.717, 1.165) is 31.6 Å². The molecule has 1 heterocycles. The Bertz CT molecular complexity index is 377. The second-order valence-electron chi connectivity index (χ2n) is 4.66. The lowest BCUT2D eigenvalue weighted by atomic mass is 10.1. The molecule has 1 aliphatic rings. The first-order valence-corrected chi connectivity index (χ1v) is 6.27. The molecule has 1 unspecified atom stereocenters. The second kappa shape index (κ2) is 5.32. The number of likely N-dealkylation sites (N-methyl/N-ethyl adjacent to an activating group) is 1. The van der Waals surface area contributed by atoms with E-state index in [2.05, 4.69) is 18.9 Å². The van der Waals surface area contributed by atoms with E-state index in [1.165, 1.54) is 0 Å². The van der Waals surface area contributed by atoms with E-state index >= 15 is 0 Å². The molecule has 1 amide bonds. The maximum Gasteiger partial charge on any atom is 0.253 e. The van der Waals surface area contributed by atoms with Crippen molar-refractivity contribution in [2.24, 2.45) is 0 Å². The average molecular weight is 232 g/mol. The summed E-state index contributed by atoms with van der Waals surface area (Å²) < 4.78 is 0. The number of hydrogen-bond acceptors (Lipinski definition) is 2. The van der Waals surface area contributed by atoms with Crippen molar-refractivity contribution < 1.29 is 4.79 Å². The highest BCUT2D eigenvalue weighted by Crippen LogP contribution is 2.13. The van der Waals surface area contributed by atoms with Gasteiger partial charge in [-0.2, -0.15) is 0 Å². The number of amides is 1. The normalized spacial score (nSPS) is 21.5. The first kappa shape index (κ1) is 12.1. The highest BCUT2D eigenvalue weighted by Gasteiger charge is 2.26. The maximum atomic E-state index is 12.3. The van der Waals surface area contributed by atoms with Crippen LogP contribution in [0, 0.1) is 0 Å². The van der Waals surface area contributed by atoms with E-state index in [-0.39, 0.29) is 5.91 Å². The van der Waals surface area contributed by atoms with Crippen LogP contribution < -0.4 is 0 Å². The van der Waals surface area contributed by atoms with Crippen molar-refractivity contribution in [3.63, 3.8) is 0 Å². The fourth-order valence-electron chi connectivity index (χ4n) is 2.33. The maximum absolute atomic E-state index is 12.3. The first-order chi connectivity index (χ1) is 8.22. The van der Waals surface area contributed by atoms with Crippen LogP contribution in [0.1, 0.15) is 23.7 Å². The van der Waals surface area contributed by atoms with Crippen molar-refractivity contribution in [1.29, 1.82) is 0 Å². The zero-order valence-corrected chi connectivity index (χ0v) is 10.6. The summed E-state index contributed by atoms with van der Waals surface area (Å²) in [6.45, 7) is 4.83. The van der Waals surface area contributed by atoms with Crippen molar-refractivity contribution in [2.75, 3.05) is 26.7 Å². The molecular weight excluding hydrogens is 212 g/mol. The topological polar surface area (TPSA) is 23.6 Å². The third kappa shape index (κ3) is 2.67. The van der Waals surface area contributed by atoms with Crippen LogP contribution in [0.3, 0.4) is 0 Å². The van der Waals surface area contributed by atoms with Gasteiger partial charge >= 0.3 is 0 Å². The van der Waals surface area contributed by atoms with Gasteiger partial charge in [0.1, 0.15) is 0 Å². The van der Waals surface area contributed by atoms with Crippen molar-refractivity contribution >= 4 is 5.91 Å². The summed E-state index contributed by atoms with van der Waals surface area (Å²) in [4.78, 5) is 16.6. The van der Waals surface area contributed by atoms with Crippen LogP contribution in [0.4, 0.5) is 0 Å². The SMILES string of the molecule is CCC1CN(C(=O)c2ccccc2)CCN1C. The quantitative estimate of drug-likeness (QED) is 0.777. The smallest absolute Gasteiger partial charge is 0.253 e. The minimum absolute atomic E-state index is 0.164. The highest BCUT2D eigenvalue weighted by molar-refractivity contribution is 5.94. The van der Waals surface area contributed by atoms with E-state index in [1.54, 1.807) is 0 Å². The molecule has 0 N–H and O–H groups in total. The number of piperazine rings is 1. The lowest BCUT2D eigenvalue weighted by Gasteiger charge is -2.39. The molecule has 0 radical (unpaired) electrons. The number of nitrogens with zero attached hydrogens (tertiary/aromatic N) is 2. The number of rotatable bonds is 2. The Balaban J connectivity index is 2.06. The summed E-state index contributed by atoms with van der Waals surface area (Å²) in [5.74, 6) is 0.164. The largest absolute Gasteiger partial charge is 0.336 e. The Morgan fingerprint density at radius 2 is 2.00 bits per heavy atom. The lowest BCUT2D eigenvalue weighted by molar-refractivity contribution is 0.0542. The molecule has 1 saturated heterocycles. The van der Waals surface area contributed by atoms with Gasteiger partial charge in [0, 0.05) is 31.2 Å². The third-order valence-electron chi connectivity index (χ3n) is 3.56. The molecule has 1 aromatic carbocycles. The van der Waals surface area contributed by atoms with Gasteiger partial charge in [0.2, 0.25) is 0 Å². The molecule has 0 saturated carbocycles. The van der Waals surface area contributed by atoms with Gasteiger partial charge in [-0.05, 0) is 25.6 Å². The van der Waals surface area contributed by atoms with Crippen LogP contribution in [-0.2, 0) is 0 Å². The van der Waals surface area contributed by atoms with Crippen LogP contribution in [0.5, 0.6) is 0 Å². The van der Waals surface area contributed by atoms with Crippen molar-refractivity contribution in [2.45, 2.75) is 19.4 Å². The Kier molecular flexibility index (Phi) is 3.79. The molecule has 3 heteroatoms. The molecule has 0 spiro atoms. The van der Waals surface area contributed by atoms with Gasteiger partial charge in [-0.25, -0.2) is 0 Å². The summed E-state index contributed by atoms with van der Waals surface area (Å²) in [6.07, 6.45) is 1.09. The van der Waals surface area contributed by atoms with Gasteiger partial charge in [-0.3, -0.25) is 9.69 Å². The molecule has 3 nitrogen and oxygen atoms in total. The van der Waals surface area contributed by atoms with Crippen LogP contribution in [-0.4, -0.2) is 48.4 Å². The van der Waals surface area contributed by atoms with E-state index in [0.29, 0.717) is 6.04 Å². The van der Waals surface area contributed by atoms with Gasteiger partial charge in [-0.15, -0.1) is 0 Å². The lowest BCUT2D eigenvalue weighted by Crippen LogP contribution is -2.52. The standard InChI is InChI=1S/C14H20N2O/c1-3-13-11-16(10-9-15(13)2)14(17)12-7-5-4-6-8-12/h4-8,13H,3,9-11H2,1-2H3. The molecule has 17 heavy (non-hydrogen) atoms. The molecule has 1 aliphatic heterocycles. The van der Waals surface area contributed by atoms with Gasteiger partial charge in [0.25, 0.3) is 5.91 Å². The van der Waals surface area contributed by atoms with Crippen LogP contribution in [0.25, 0.3) is 0 Å². The molecule has 0 aromatic heterocycles. The van der Waals surface area contributed by atoms with E-state index in [1.807, 2.05) is 35.2 Å². The van der Waals surface area contributed by atoms with Crippen molar-refractivity contribution in [1.82, 2.24) is 9.80 Å². The monoisotopic (exact) mass is 232 g/mol. The molecule has 1 aromatic rings. The number of hydrogen-bond donors (Lipinski definition) is 0. The Labute approximate surface area is 103 Å². The molecular formula is C14H20N2O. The summed E-state index contributed by atoms with van der Waals surface area (Å²) >= 11 is 0. The third-order valence-corrected chi connectivity index (χ3v) is 3.56. The predicted octanol–water partition coefficient (Wildman–Crippen LogP) is 1.85. The minimum Gasteiger partial charge on any atom is -0.336 e. The van der Waals surface area contributed by atoms with Gasteiger partial charge < -0.3 is 4.90 Å². The summed E-state index contributed by atoms with van der Waals surface area (Å²) in [5, 5.41) is 0. The van der Waals surface area contributed by atoms with Gasteiger partial charge in [-0.1, -0.05) is 25.1 Å². The number of benzene rings is 1. The molecule has 0 bridgehead atoms. The Hall–Kier alpha value is -1.35. The zero-order chi connectivity index (χ0) is 12.3. The van der Waals surface area contributed by atoms with Gasteiger partial charge in [0.05, 0.1) is 0 Å². The van der Waals surface area contributed by atoms with Crippen LogP contribution in [0.15, 0.2) is 30.3 Å². The molecule has 2 rings (SSSR count). The fraction of sp³-hybridized carbons (Fsp3) is 0.500. The predicted molar refractivity (Wildman–Crippen MR) is 69.1 cm³/mol. The van der Waals surface area contributed by atoms with E-state index < -0.39 is 0 Å². The molecule has 0 aliphatic carbocycles. The summed E-state index contributed by atoms with van der Waals surface area (Å²) in [5.41, 5.74) is 0.798. The molecule has 1 fully saturated rings. The molecule has 1 atom stereocenters. The zero-order valence-electron chi connectivity index (χ0n) is 10.6. The molecule has 92 valence electrons. The van der Waals surface area contributed by atoms with Crippen molar-refractivity contribution in [3.05, 3.63) is 35.9 Å². The fourth-order valence-corrected chi connectivity index (χ4v) is 2.33. The van der Waals surface area contributed by atoms with Crippen LogP contribution in [0.2, 0.25) is 0 Å². The van der Waals surface area contributed by atoms with E-state index in [4.69, 9.17) is 0 Å². The van der Waals surface area contributed by atoms with E-state index in [9.17, 15) is 4.79 Å². The summed E-state index contributed by atoms with van der Waals surface area (Å²) in [7, 11) is 2.14. The van der Waals surface area contributed by atoms with Crippen molar-refractivity contribution in [3.8, 4) is 0 Å². The summed E-state index contributed by atoms with van der Waals surface area (Å²) in [6, 6.07) is 10.1. The first-order valence-electron chi connectivity index (χ1n) is 6.27.